The van der Waals surface area contributed by atoms with E-state index in [9.17, 15) is 9.59 Å². The molecule has 0 saturated heterocycles. The zero-order valence-electron chi connectivity index (χ0n) is 16.6. The zero-order chi connectivity index (χ0) is 20.4. The van der Waals surface area contributed by atoms with Crippen molar-refractivity contribution < 1.29 is 9.59 Å². The fourth-order valence-electron chi connectivity index (χ4n) is 3.72. The van der Waals surface area contributed by atoms with Crippen LogP contribution >= 0.6 is 0 Å². The molecule has 0 fully saturated rings. The van der Waals surface area contributed by atoms with Gasteiger partial charge in [0.1, 0.15) is 5.69 Å². The standard InChI is InChI=1S/C24H23N3O2/c1-16-6-5-7-17(2)22(16)26-23(28)19-10-12-25-21(14-19)24(29)27-13-11-18-8-3-4-9-20(18)15-27/h3-10,12,14H,11,13,15H2,1-2H3,(H,26,28). The van der Waals surface area contributed by atoms with Crippen LogP contribution < -0.4 is 5.32 Å². The van der Waals surface area contributed by atoms with E-state index < -0.39 is 0 Å². The lowest BCUT2D eigenvalue weighted by Crippen LogP contribution is -2.36. The summed E-state index contributed by atoms with van der Waals surface area (Å²) in [5, 5.41) is 2.96. The summed E-state index contributed by atoms with van der Waals surface area (Å²) in [7, 11) is 0. The Hall–Kier alpha value is -3.47. The van der Waals surface area contributed by atoms with Gasteiger partial charge in [0.15, 0.2) is 0 Å². The summed E-state index contributed by atoms with van der Waals surface area (Å²) in [4.78, 5) is 31.8. The van der Waals surface area contributed by atoms with E-state index in [1.807, 2.05) is 44.2 Å². The lowest BCUT2D eigenvalue weighted by Gasteiger charge is -2.28. The maximum atomic E-state index is 13.0. The van der Waals surface area contributed by atoms with Crippen molar-refractivity contribution in [3.8, 4) is 0 Å². The molecular formula is C24H23N3O2. The number of nitrogens with one attached hydrogen (secondary N) is 1. The van der Waals surface area contributed by atoms with Gasteiger partial charge in [-0.1, -0.05) is 42.5 Å². The number of para-hydroxylation sites is 1. The van der Waals surface area contributed by atoms with Crippen molar-refractivity contribution in [3.63, 3.8) is 0 Å². The van der Waals surface area contributed by atoms with Crippen LogP contribution in [0.4, 0.5) is 5.69 Å². The molecule has 2 heterocycles. The van der Waals surface area contributed by atoms with Gasteiger partial charge in [0.05, 0.1) is 0 Å². The number of benzene rings is 2. The summed E-state index contributed by atoms with van der Waals surface area (Å²) in [6.07, 6.45) is 2.35. The van der Waals surface area contributed by atoms with Gasteiger partial charge in [-0.2, -0.15) is 0 Å². The summed E-state index contributed by atoms with van der Waals surface area (Å²) >= 11 is 0. The average molecular weight is 385 g/mol. The van der Waals surface area contributed by atoms with Gasteiger partial charge in [-0.3, -0.25) is 14.6 Å². The molecule has 1 aliphatic heterocycles. The number of aryl methyl sites for hydroxylation is 2. The lowest BCUT2D eigenvalue weighted by atomic mass is 9.99. The third kappa shape index (κ3) is 3.90. The second-order valence-electron chi connectivity index (χ2n) is 7.40. The summed E-state index contributed by atoms with van der Waals surface area (Å²) in [5.74, 6) is -0.399. The Balaban J connectivity index is 1.53. The first kappa shape index (κ1) is 18.9. The topological polar surface area (TPSA) is 62.3 Å². The van der Waals surface area contributed by atoms with Gasteiger partial charge in [-0.05, 0) is 54.7 Å². The average Bonchev–Trinajstić information content (AvgIpc) is 2.75. The number of aromatic nitrogens is 1. The van der Waals surface area contributed by atoms with Crippen molar-refractivity contribution in [2.75, 3.05) is 11.9 Å². The molecule has 2 amide bonds. The molecule has 1 N–H and O–H groups in total. The van der Waals surface area contributed by atoms with Crippen molar-refractivity contribution in [1.82, 2.24) is 9.88 Å². The molecular weight excluding hydrogens is 362 g/mol. The van der Waals surface area contributed by atoms with Crippen LogP contribution in [0.25, 0.3) is 0 Å². The molecule has 5 nitrogen and oxygen atoms in total. The van der Waals surface area contributed by atoms with Crippen molar-refractivity contribution in [2.45, 2.75) is 26.8 Å². The highest BCUT2D eigenvalue weighted by atomic mass is 16.2. The van der Waals surface area contributed by atoms with Crippen LogP contribution in [0.5, 0.6) is 0 Å². The fraction of sp³-hybridized carbons (Fsp3) is 0.208. The van der Waals surface area contributed by atoms with Crippen LogP contribution in [-0.4, -0.2) is 28.2 Å². The lowest BCUT2D eigenvalue weighted by molar-refractivity contribution is 0.0728. The summed E-state index contributed by atoms with van der Waals surface area (Å²) < 4.78 is 0. The number of rotatable bonds is 3. The van der Waals surface area contributed by atoms with Crippen molar-refractivity contribution >= 4 is 17.5 Å². The fourth-order valence-corrected chi connectivity index (χ4v) is 3.72. The molecule has 0 unspecified atom stereocenters. The van der Waals surface area contributed by atoms with Crippen LogP contribution in [0.2, 0.25) is 0 Å². The van der Waals surface area contributed by atoms with E-state index in [0.29, 0.717) is 24.3 Å². The van der Waals surface area contributed by atoms with E-state index in [1.54, 1.807) is 17.0 Å². The summed E-state index contributed by atoms with van der Waals surface area (Å²) in [6, 6.07) is 17.2. The highest BCUT2D eigenvalue weighted by molar-refractivity contribution is 6.06. The van der Waals surface area contributed by atoms with Crippen molar-refractivity contribution in [3.05, 3.63) is 94.3 Å². The molecule has 0 radical (unpaired) electrons. The number of pyridine rings is 1. The number of carbonyl (C=O) groups is 2. The Bertz CT molecular complexity index is 1070. The van der Waals surface area contributed by atoms with Gasteiger partial charge in [0.25, 0.3) is 11.8 Å². The Morgan fingerprint density at radius 3 is 2.45 bits per heavy atom. The molecule has 0 saturated carbocycles. The van der Waals surface area contributed by atoms with Crippen LogP contribution in [0, 0.1) is 13.8 Å². The molecule has 29 heavy (non-hydrogen) atoms. The highest BCUT2D eigenvalue weighted by Gasteiger charge is 2.23. The van der Waals surface area contributed by atoms with E-state index >= 15 is 0 Å². The molecule has 0 atom stereocenters. The van der Waals surface area contributed by atoms with Crippen LogP contribution in [0.1, 0.15) is 43.1 Å². The third-order valence-electron chi connectivity index (χ3n) is 5.38. The molecule has 1 aromatic heterocycles. The maximum Gasteiger partial charge on any atom is 0.272 e. The summed E-state index contributed by atoms with van der Waals surface area (Å²) in [5.41, 5.74) is 5.95. The minimum atomic E-state index is -0.247. The molecule has 0 bridgehead atoms. The monoisotopic (exact) mass is 385 g/mol. The van der Waals surface area contributed by atoms with E-state index in [-0.39, 0.29) is 11.8 Å². The maximum absolute atomic E-state index is 13.0. The number of hydrogen-bond donors (Lipinski definition) is 1. The van der Waals surface area contributed by atoms with Crippen molar-refractivity contribution in [2.24, 2.45) is 0 Å². The third-order valence-corrected chi connectivity index (χ3v) is 5.38. The smallest absolute Gasteiger partial charge is 0.272 e. The van der Waals surface area contributed by atoms with E-state index in [0.717, 1.165) is 28.8 Å². The molecule has 146 valence electrons. The predicted octanol–water partition coefficient (Wildman–Crippen LogP) is 4.15. The minimum Gasteiger partial charge on any atom is -0.333 e. The first-order valence-electron chi connectivity index (χ1n) is 9.72. The van der Waals surface area contributed by atoms with Gasteiger partial charge in [0, 0.05) is 30.5 Å². The van der Waals surface area contributed by atoms with E-state index in [1.165, 1.54) is 11.8 Å². The Labute approximate surface area is 170 Å². The number of carbonyl (C=O) groups excluding carboxylic acids is 2. The molecule has 3 aromatic rings. The van der Waals surface area contributed by atoms with Crippen LogP contribution in [0.15, 0.2) is 60.8 Å². The van der Waals surface area contributed by atoms with Crippen molar-refractivity contribution in [1.29, 1.82) is 0 Å². The van der Waals surface area contributed by atoms with E-state index in [2.05, 4.69) is 22.4 Å². The molecule has 5 heteroatoms. The number of fused-ring (bicyclic) bond motifs is 1. The van der Waals surface area contributed by atoms with Gasteiger partial charge in [-0.15, -0.1) is 0 Å². The van der Waals surface area contributed by atoms with Crippen LogP contribution in [-0.2, 0) is 13.0 Å². The molecule has 0 aliphatic carbocycles. The molecule has 2 aromatic carbocycles. The van der Waals surface area contributed by atoms with Crippen LogP contribution in [0.3, 0.4) is 0 Å². The summed E-state index contributed by atoms with van der Waals surface area (Å²) in [6.45, 7) is 5.13. The molecule has 4 rings (SSSR count). The SMILES string of the molecule is Cc1cccc(C)c1NC(=O)c1ccnc(C(=O)N2CCc3ccccc3C2)c1. The molecule has 0 spiro atoms. The Kier molecular flexibility index (Phi) is 5.12. The number of anilines is 1. The van der Waals surface area contributed by atoms with Gasteiger partial charge >= 0.3 is 0 Å². The van der Waals surface area contributed by atoms with Gasteiger partial charge in [0.2, 0.25) is 0 Å². The van der Waals surface area contributed by atoms with Gasteiger partial charge < -0.3 is 10.2 Å². The normalized spacial score (nSPS) is 13.0. The Morgan fingerprint density at radius 1 is 0.966 bits per heavy atom. The Morgan fingerprint density at radius 2 is 1.69 bits per heavy atom. The first-order chi connectivity index (χ1) is 14.0. The van der Waals surface area contributed by atoms with Gasteiger partial charge in [-0.25, -0.2) is 0 Å². The predicted molar refractivity (Wildman–Crippen MR) is 113 cm³/mol. The molecule has 1 aliphatic rings. The second-order valence-corrected chi connectivity index (χ2v) is 7.40. The van der Waals surface area contributed by atoms with E-state index in [4.69, 9.17) is 0 Å². The quantitative estimate of drug-likeness (QED) is 0.737. The zero-order valence-corrected chi connectivity index (χ0v) is 16.6. The minimum absolute atomic E-state index is 0.152. The largest absolute Gasteiger partial charge is 0.333 e. The number of nitrogens with zero attached hydrogens (tertiary/aromatic N) is 2. The second kappa shape index (κ2) is 7.87. The first-order valence-corrected chi connectivity index (χ1v) is 9.72. The highest BCUT2D eigenvalue weighted by Crippen LogP contribution is 2.22. The number of hydrogen-bond acceptors (Lipinski definition) is 3. The number of amides is 2.